The van der Waals surface area contributed by atoms with Crippen LogP contribution < -0.4 is 5.32 Å². The van der Waals surface area contributed by atoms with Crippen LogP contribution in [0.1, 0.15) is 16.1 Å². The van der Waals surface area contributed by atoms with Gasteiger partial charge in [0.25, 0.3) is 0 Å². The standard InChI is InChI=1S/C13H12FN3O2/c1-8-3-4-9(14)10(5-8)17-12-7-15-11(6-16-12)13(18)19-2/h3-7H,1-2H3,(H,16,17). The van der Waals surface area contributed by atoms with E-state index in [1.807, 2.05) is 6.92 Å². The van der Waals surface area contributed by atoms with Gasteiger partial charge in [-0.25, -0.2) is 19.2 Å². The maximum Gasteiger partial charge on any atom is 0.358 e. The summed E-state index contributed by atoms with van der Waals surface area (Å²) in [6.07, 6.45) is 2.61. The summed E-state index contributed by atoms with van der Waals surface area (Å²) in [6.45, 7) is 1.86. The number of aromatic nitrogens is 2. The van der Waals surface area contributed by atoms with Crippen LogP contribution in [0.25, 0.3) is 0 Å². The number of nitrogens with one attached hydrogen (secondary N) is 1. The Morgan fingerprint density at radius 1 is 1.32 bits per heavy atom. The molecule has 2 rings (SSSR count). The summed E-state index contributed by atoms with van der Waals surface area (Å²) in [4.78, 5) is 19.0. The van der Waals surface area contributed by atoms with Gasteiger partial charge in [0.1, 0.15) is 11.6 Å². The first-order chi connectivity index (χ1) is 9.10. The van der Waals surface area contributed by atoms with Crippen molar-refractivity contribution in [3.05, 3.63) is 47.7 Å². The maximum absolute atomic E-state index is 13.5. The summed E-state index contributed by atoms with van der Waals surface area (Å²) < 4.78 is 18.0. The van der Waals surface area contributed by atoms with E-state index in [4.69, 9.17) is 0 Å². The van der Waals surface area contributed by atoms with Crippen LogP contribution in [0, 0.1) is 12.7 Å². The molecule has 1 aromatic heterocycles. The lowest BCUT2D eigenvalue weighted by Gasteiger charge is -2.07. The number of anilines is 2. The third kappa shape index (κ3) is 3.04. The van der Waals surface area contributed by atoms with Gasteiger partial charge in [-0.3, -0.25) is 0 Å². The van der Waals surface area contributed by atoms with Gasteiger partial charge in [0.05, 0.1) is 25.2 Å². The van der Waals surface area contributed by atoms with Gasteiger partial charge in [0.15, 0.2) is 5.69 Å². The molecule has 0 radical (unpaired) electrons. The first-order valence-electron chi connectivity index (χ1n) is 5.53. The number of carbonyl (C=O) groups is 1. The van der Waals surface area contributed by atoms with Crippen molar-refractivity contribution in [2.75, 3.05) is 12.4 Å². The van der Waals surface area contributed by atoms with Gasteiger partial charge in [-0.15, -0.1) is 0 Å². The van der Waals surface area contributed by atoms with Crippen molar-refractivity contribution in [3.63, 3.8) is 0 Å². The number of nitrogens with zero attached hydrogens (tertiary/aromatic N) is 2. The molecular weight excluding hydrogens is 249 g/mol. The molecule has 0 amide bonds. The predicted octanol–water partition coefficient (Wildman–Crippen LogP) is 2.45. The molecule has 0 spiro atoms. The Labute approximate surface area is 109 Å². The Kier molecular flexibility index (Phi) is 3.70. The Morgan fingerprint density at radius 3 is 2.74 bits per heavy atom. The van der Waals surface area contributed by atoms with Crippen molar-refractivity contribution in [1.82, 2.24) is 9.97 Å². The number of rotatable bonds is 3. The number of benzene rings is 1. The van der Waals surface area contributed by atoms with Crippen LogP contribution in [0.15, 0.2) is 30.6 Å². The minimum atomic E-state index is -0.569. The zero-order chi connectivity index (χ0) is 13.8. The van der Waals surface area contributed by atoms with Gasteiger partial charge >= 0.3 is 5.97 Å². The number of methoxy groups -OCH3 is 1. The number of halogens is 1. The molecule has 0 saturated carbocycles. The van der Waals surface area contributed by atoms with Crippen molar-refractivity contribution in [1.29, 1.82) is 0 Å². The third-order valence-electron chi connectivity index (χ3n) is 2.43. The summed E-state index contributed by atoms with van der Waals surface area (Å²) in [5.74, 6) is -0.609. The molecule has 0 saturated heterocycles. The van der Waals surface area contributed by atoms with Crippen LogP contribution in [0.2, 0.25) is 0 Å². The highest BCUT2D eigenvalue weighted by atomic mass is 19.1. The second-order valence-electron chi connectivity index (χ2n) is 3.89. The highest BCUT2D eigenvalue weighted by Gasteiger charge is 2.08. The highest BCUT2D eigenvalue weighted by Crippen LogP contribution is 2.19. The topological polar surface area (TPSA) is 64.1 Å². The summed E-state index contributed by atoms with van der Waals surface area (Å²) in [7, 11) is 1.26. The molecule has 0 aliphatic rings. The van der Waals surface area contributed by atoms with Crippen molar-refractivity contribution < 1.29 is 13.9 Å². The van der Waals surface area contributed by atoms with Gasteiger partial charge in [-0.1, -0.05) is 6.07 Å². The molecular formula is C13H12FN3O2. The van der Waals surface area contributed by atoms with Crippen molar-refractivity contribution in [3.8, 4) is 0 Å². The zero-order valence-corrected chi connectivity index (χ0v) is 10.5. The summed E-state index contributed by atoms with van der Waals surface area (Å²) in [5, 5.41) is 2.80. The average Bonchev–Trinajstić information content (AvgIpc) is 2.43. The van der Waals surface area contributed by atoms with E-state index in [9.17, 15) is 9.18 Å². The smallest absolute Gasteiger partial charge is 0.358 e. The zero-order valence-electron chi connectivity index (χ0n) is 10.5. The number of hydrogen-bond donors (Lipinski definition) is 1. The molecule has 0 bridgehead atoms. The van der Waals surface area contributed by atoms with Gasteiger partial charge in [0, 0.05) is 0 Å². The first-order valence-corrected chi connectivity index (χ1v) is 5.53. The molecule has 0 aliphatic heterocycles. The fraction of sp³-hybridized carbons (Fsp3) is 0.154. The lowest BCUT2D eigenvalue weighted by Crippen LogP contribution is -2.06. The average molecular weight is 261 g/mol. The number of hydrogen-bond acceptors (Lipinski definition) is 5. The van der Waals surface area contributed by atoms with Crippen molar-refractivity contribution in [2.24, 2.45) is 0 Å². The fourth-order valence-corrected chi connectivity index (χ4v) is 1.48. The minimum absolute atomic E-state index is 0.0952. The monoisotopic (exact) mass is 261 g/mol. The van der Waals surface area contributed by atoms with Gasteiger partial charge < -0.3 is 10.1 Å². The SMILES string of the molecule is COC(=O)c1cnc(Nc2cc(C)ccc2F)cn1. The van der Waals surface area contributed by atoms with Crippen LogP contribution in [-0.2, 0) is 4.74 Å². The Hall–Kier alpha value is -2.50. The number of ether oxygens (including phenoxy) is 1. The number of esters is 1. The second kappa shape index (κ2) is 5.43. The molecule has 98 valence electrons. The lowest BCUT2D eigenvalue weighted by atomic mass is 10.2. The van der Waals surface area contributed by atoms with Crippen molar-refractivity contribution in [2.45, 2.75) is 6.92 Å². The van der Waals surface area contributed by atoms with Crippen molar-refractivity contribution >= 4 is 17.5 Å². The number of carbonyl (C=O) groups excluding carboxylic acids is 1. The fourth-order valence-electron chi connectivity index (χ4n) is 1.48. The van der Waals surface area contributed by atoms with E-state index in [1.165, 1.54) is 25.6 Å². The highest BCUT2D eigenvalue weighted by molar-refractivity contribution is 5.86. The van der Waals surface area contributed by atoms with Crippen LogP contribution in [0.5, 0.6) is 0 Å². The van der Waals surface area contributed by atoms with E-state index in [0.717, 1.165) is 5.56 Å². The summed E-state index contributed by atoms with van der Waals surface area (Å²) in [5.41, 5.74) is 1.32. The molecule has 0 aliphatic carbocycles. The van der Waals surface area contributed by atoms with E-state index in [2.05, 4.69) is 20.0 Å². The van der Waals surface area contributed by atoms with Crippen LogP contribution in [-0.4, -0.2) is 23.0 Å². The minimum Gasteiger partial charge on any atom is -0.464 e. The van der Waals surface area contributed by atoms with Crippen LogP contribution in [0.4, 0.5) is 15.9 Å². The van der Waals surface area contributed by atoms with Gasteiger partial charge in [-0.2, -0.15) is 0 Å². The molecule has 6 heteroatoms. The largest absolute Gasteiger partial charge is 0.464 e. The molecule has 0 atom stereocenters. The Balaban J connectivity index is 2.19. The quantitative estimate of drug-likeness (QED) is 0.860. The molecule has 1 aromatic carbocycles. The molecule has 2 aromatic rings. The molecule has 5 nitrogen and oxygen atoms in total. The normalized spacial score (nSPS) is 10.1. The third-order valence-corrected chi connectivity index (χ3v) is 2.43. The summed E-state index contributed by atoms with van der Waals surface area (Å²) in [6, 6.07) is 4.70. The maximum atomic E-state index is 13.5. The molecule has 0 fully saturated rings. The Morgan fingerprint density at radius 2 is 2.11 bits per heavy atom. The predicted molar refractivity (Wildman–Crippen MR) is 67.8 cm³/mol. The second-order valence-corrected chi connectivity index (χ2v) is 3.89. The lowest BCUT2D eigenvalue weighted by molar-refractivity contribution is 0.0593. The molecule has 1 heterocycles. The van der Waals surface area contributed by atoms with Gasteiger partial charge in [0.2, 0.25) is 0 Å². The van der Waals surface area contributed by atoms with E-state index in [-0.39, 0.29) is 11.5 Å². The molecule has 1 N–H and O–H groups in total. The van der Waals surface area contributed by atoms with E-state index in [0.29, 0.717) is 11.5 Å². The van der Waals surface area contributed by atoms with Gasteiger partial charge in [-0.05, 0) is 24.6 Å². The molecule has 19 heavy (non-hydrogen) atoms. The van der Waals surface area contributed by atoms with E-state index >= 15 is 0 Å². The molecule has 0 unspecified atom stereocenters. The first kappa shape index (κ1) is 12.9. The summed E-state index contributed by atoms with van der Waals surface area (Å²) >= 11 is 0. The van der Waals surface area contributed by atoms with Crippen LogP contribution in [0.3, 0.4) is 0 Å². The van der Waals surface area contributed by atoms with Crippen LogP contribution >= 0.6 is 0 Å². The Bertz CT molecular complexity index is 599. The number of aryl methyl sites for hydroxylation is 1. The van der Waals surface area contributed by atoms with E-state index < -0.39 is 5.97 Å². The van der Waals surface area contributed by atoms with E-state index in [1.54, 1.807) is 12.1 Å².